The van der Waals surface area contributed by atoms with Crippen LogP contribution in [0.3, 0.4) is 0 Å². The first kappa shape index (κ1) is 12.3. The van der Waals surface area contributed by atoms with Gasteiger partial charge in [0.2, 0.25) is 0 Å². The quantitative estimate of drug-likeness (QED) is 0.595. The minimum atomic E-state index is 1.34. The van der Waals surface area contributed by atoms with Crippen molar-refractivity contribution in [2.24, 2.45) is 0 Å². The van der Waals surface area contributed by atoms with Gasteiger partial charge in [0.1, 0.15) is 0 Å². The zero-order valence-corrected chi connectivity index (χ0v) is 10.0. The smallest absolute Gasteiger partial charge is 0.0152 e. The monoisotopic (exact) mass is 210 g/mol. The molecule has 0 aliphatic heterocycles. The van der Waals surface area contributed by atoms with Crippen molar-refractivity contribution in [2.75, 3.05) is 0 Å². The molecule has 0 unspecified atom stereocenters. The highest BCUT2D eigenvalue weighted by molar-refractivity contribution is 5.70. The molecule has 0 fully saturated rings. The molecule has 0 bridgehead atoms. The molecule has 0 aliphatic carbocycles. The lowest BCUT2D eigenvalue weighted by Crippen LogP contribution is -1.85. The average Bonchev–Trinajstić information content (AvgIpc) is 2.34. The zero-order valence-electron chi connectivity index (χ0n) is 10.0. The Hall–Kier alpha value is -1.82. The second-order valence-corrected chi connectivity index (χ2v) is 3.63. The third-order valence-corrected chi connectivity index (χ3v) is 2.58. The number of hydrogen-bond donors (Lipinski definition) is 0. The number of aryl methyl sites for hydroxylation is 2. The molecule has 0 saturated carbocycles. The zero-order chi connectivity index (χ0) is 12.0. The molecule has 0 aliphatic rings. The van der Waals surface area contributed by atoms with E-state index in [1.54, 1.807) is 0 Å². The van der Waals surface area contributed by atoms with E-state index < -0.39 is 0 Å². The van der Waals surface area contributed by atoms with E-state index in [1.165, 1.54) is 22.3 Å². The van der Waals surface area contributed by atoms with E-state index in [2.05, 4.69) is 75.5 Å². The van der Waals surface area contributed by atoms with E-state index >= 15 is 0 Å². The minimum Gasteiger partial charge on any atom is -0.106 e. The van der Waals surface area contributed by atoms with E-state index in [-0.39, 0.29) is 0 Å². The van der Waals surface area contributed by atoms with Gasteiger partial charge in [-0.15, -0.1) is 13.2 Å². The fourth-order valence-corrected chi connectivity index (χ4v) is 1.75. The fraction of sp³-hybridized carbons (Fsp3) is 0.125. The molecular formula is C16H18. The van der Waals surface area contributed by atoms with Crippen molar-refractivity contribution < 1.29 is 0 Å². The van der Waals surface area contributed by atoms with Gasteiger partial charge in [-0.3, -0.25) is 0 Å². The Bertz CT molecular complexity index is 412. The fourth-order valence-electron chi connectivity index (χ4n) is 1.75. The lowest BCUT2D eigenvalue weighted by molar-refractivity contribution is 1.41. The topological polar surface area (TPSA) is 0 Å². The van der Waals surface area contributed by atoms with Gasteiger partial charge in [-0.25, -0.2) is 0 Å². The minimum absolute atomic E-state index is 1.34. The van der Waals surface area contributed by atoms with Crippen LogP contribution in [0.25, 0.3) is 11.1 Å². The summed E-state index contributed by atoms with van der Waals surface area (Å²) in [6, 6.07) is 17.0. The van der Waals surface area contributed by atoms with Crippen LogP contribution < -0.4 is 0 Å². The summed E-state index contributed by atoms with van der Waals surface area (Å²) in [5.41, 5.74) is 5.35. The Balaban J connectivity index is 0.000000606. The van der Waals surface area contributed by atoms with Gasteiger partial charge >= 0.3 is 0 Å². The van der Waals surface area contributed by atoms with Crippen LogP contribution in [0, 0.1) is 13.8 Å². The maximum Gasteiger partial charge on any atom is -0.0152 e. The Morgan fingerprint density at radius 3 is 1.25 bits per heavy atom. The molecule has 0 heterocycles. The summed E-state index contributed by atoms with van der Waals surface area (Å²) in [5, 5.41) is 0. The van der Waals surface area contributed by atoms with Crippen LogP contribution in [0.1, 0.15) is 11.1 Å². The molecule has 16 heavy (non-hydrogen) atoms. The van der Waals surface area contributed by atoms with Crippen LogP contribution in [-0.4, -0.2) is 0 Å². The molecule has 2 rings (SSSR count). The van der Waals surface area contributed by atoms with Crippen LogP contribution in [-0.2, 0) is 0 Å². The maximum absolute atomic E-state index is 3.00. The first-order valence-electron chi connectivity index (χ1n) is 5.40. The molecule has 0 heteroatoms. The van der Waals surface area contributed by atoms with Crippen molar-refractivity contribution in [1.82, 2.24) is 0 Å². The van der Waals surface area contributed by atoms with Gasteiger partial charge in [0.15, 0.2) is 0 Å². The van der Waals surface area contributed by atoms with Crippen LogP contribution in [0.5, 0.6) is 0 Å². The highest BCUT2D eigenvalue weighted by Gasteiger charge is 2.02. The summed E-state index contributed by atoms with van der Waals surface area (Å²) < 4.78 is 0. The number of rotatable bonds is 1. The van der Waals surface area contributed by atoms with Crippen LogP contribution in [0.4, 0.5) is 0 Å². The maximum atomic E-state index is 3.00. The second kappa shape index (κ2) is 5.92. The molecule has 0 atom stereocenters. The van der Waals surface area contributed by atoms with Crippen molar-refractivity contribution in [3.8, 4) is 11.1 Å². The molecule has 0 spiro atoms. The number of hydrogen-bond acceptors (Lipinski definition) is 0. The predicted molar refractivity (Wildman–Crippen MR) is 72.6 cm³/mol. The van der Waals surface area contributed by atoms with Crippen molar-refractivity contribution in [3.63, 3.8) is 0 Å². The van der Waals surface area contributed by atoms with Crippen molar-refractivity contribution in [3.05, 3.63) is 72.8 Å². The van der Waals surface area contributed by atoms with E-state index in [9.17, 15) is 0 Å². The molecule has 2 aromatic rings. The molecule has 2 aromatic carbocycles. The van der Waals surface area contributed by atoms with Crippen LogP contribution in [0.2, 0.25) is 0 Å². The summed E-state index contributed by atoms with van der Waals surface area (Å²) in [6.45, 7) is 10.3. The molecular weight excluding hydrogens is 192 g/mol. The Morgan fingerprint density at radius 1 is 0.625 bits per heavy atom. The lowest BCUT2D eigenvalue weighted by atomic mass is 9.97. The van der Waals surface area contributed by atoms with Gasteiger partial charge < -0.3 is 0 Å². The van der Waals surface area contributed by atoms with Crippen molar-refractivity contribution in [1.29, 1.82) is 0 Å². The lowest BCUT2D eigenvalue weighted by Gasteiger charge is -2.08. The third kappa shape index (κ3) is 2.60. The van der Waals surface area contributed by atoms with Gasteiger partial charge in [0.05, 0.1) is 0 Å². The SMILES string of the molecule is C=C.Cc1ccccc1-c1ccccc1C. The molecule has 0 amide bonds. The first-order chi connectivity index (χ1) is 7.79. The second-order valence-electron chi connectivity index (χ2n) is 3.63. The molecule has 0 aromatic heterocycles. The highest BCUT2D eigenvalue weighted by atomic mass is 14.1. The van der Waals surface area contributed by atoms with Gasteiger partial charge in [0.25, 0.3) is 0 Å². The van der Waals surface area contributed by atoms with Gasteiger partial charge in [-0.2, -0.15) is 0 Å². The molecule has 0 nitrogen and oxygen atoms in total. The van der Waals surface area contributed by atoms with Crippen LogP contribution in [0.15, 0.2) is 61.7 Å². The Kier molecular flexibility index (Phi) is 4.53. The summed E-state index contributed by atoms with van der Waals surface area (Å²) in [4.78, 5) is 0. The Morgan fingerprint density at radius 2 is 0.938 bits per heavy atom. The summed E-state index contributed by atoms with van der Waals surface area (Å²) in [7, 11) is 0. The van der Waals surface area contributed by atoms with Crippen molar-refractivity contribution in [2.45, 2.75) is 13.8 Å². The third-order valence-electron chi connectivity index (χ3n) is 2.58. The number of benzene rings is 2. The van der Waals surface area contributed by atoms with Gasteiger partial charge in [0, 0.05) is 0 Å². The predicted octanol–water partition coefficient (Wildman–Crippen LogP) is 4.77. The highest BCUT2D eigenvalue weighted by Crippen LogP contribution is 2.25. The van der Waals surface area contributed by atoms with E-state index in [1.807, 2.05) is 0 Å². The van der Waals surface area contributed by atoms with Gasteiger partial charge in [-0.1, -0.05) is 48.5 Å². The summed E-state index contributed by atoms with van der Waals surface area (Å²) >= 11 is 0. The molecule has 0 radical (unpaired) electrons. The van der Waals surface area contributed by atoms with Crippen LogP contribution >= 0.6 is 0 Å². The summed E-state index contributed by atoms with van der Waals surface area (Å²) in [6.07, 6.45) is 0. The summed E-state index contributed by atoms with van der Waals surface area (Å²) in [5.74, 6) is 0. The Labute approximate surface area is 98.3 Å². The molecule has 0 N–H and O–H groups in total. The van der Waals surface area contributed by atoms with E-state index in [0.29, 0.717) is 0 Å². The molecule has 82 valence electrons. The van der Waals surface area contributed by atoms with Gasteiger partial charge in [-0.05, 0) is 36.1 Å². The first-order valence-corrected chi connectivity index (χ1v) is 5.40. The largest absolute Gasteiger partial charge is 0.106 e. The van der Waals surface area contributed by atoms with Crippen molar-refractivity contribution >= 4 is 0 Å². The normalized spacial score (nSPS) is 9.12. The van der Waals surface area contributed by atoms with E-state index in [0.717, 1.165) is 0 Å². The average molecular weight is 210 g/mol. The standard InChI is InChI=1S/C14H14.C2H4/c1-11-7-3-5-9-13(11)14-10-6-4-8-12(14)2;1-2/h3-10H,1-2H3;1-2H2. The molecule has 0 saturated heterocycles. The van der Waals surface area contributed by atoms with E-state index in [4.69, 9.17) is 0 Å².